The van der Waals surface area contributed by atoms with E-state index in [9.17, 15) is 9.90 Å². The summed E-state index contributed by atoms with van der Waals surface area (Å²) >= 11 is 0. The van der Waals surface area contributed by atoms with Crippen molar-refractivity contribution in [1.82, 2.24) is 9.80 Å². The zero-order valence-corrected chi connectivity index (χ0v) is 13.3. The number of hydrogen-bond donors (Lipinski definition) is 1. The first-order valence-corrected chi connectivity index (χ1v) is 8.87. The molecule has 2 unspecified atom stereocenters. The molecule has 0 aromatic heterocycles. The van der Waals surface area contributed by atoms with E-state index in [2.05, 4.69) is 16.7 Å². The first-order chi connectivity index (χ1) is 10.1. The van der Waals surface area contributed by atoms with E-state index in [4.69, 9.17) is 0 Å². The van der Waals surface area contributed by atoms with Crippen molar-refractivity contribution in [2.24, 2.45) is 5.92 Å². The van der Waals surface area contributed by atoms with Crippen LogP contribution in [0.15, 0.2) is 0 Å². The lowest BCUT2D eigenvalue weighted by Gasteiger charge is -2.42. The Morgan fingerprint density at radius 1 is 1.10 bits per heavy atom. The summed E-state index contributed by atoms with van der Waals surface area (Å²) in [5, 5.41) is 9.34. The summed E-state index contributed by atoms with van der Waals surface area (Å²) in [6.07, 6.45) is 9.88. The molecule has 1 aliphatic carbocycles. The normalized spacial score (nSPS) is 31.2. The van der Waals surface area contributed by atoms with Crippen LogP contribution in [0.1, 0.15) is 58.3 Å². The van der Waals surface area contributed by atoms with Crippen LogP contribution < -0.4 is 0 Å². The number of aliphatic carboxylic acids is 1. The molecule has 0 amide bonds. The van der Waals surface area contributed by atoms with Crippen LogP contribution in [0.25, 0.3) is 0 Å². The zero-order valence-electron chi connectivity index (χ0n) is 13.3. The Balaban J connectivity index is 1.47. The van der Waals surface area contributed by atoms with Gasteiger partial charge in [-0.15, -0.1) is 0 Å². The molecule has 0 aromatic rings. The fourth-order valence-electron chi connectivity index (χ4n) is 4.51. The molecule has 2 atom stereocenters. The Labute approximate surface area is 128 Å². The lowest BCUT2D eigenvalue weighted by molar-refractivity contribution is -0.143. The number of piperidine rings is 1. The van der Waals surface area contributed by atoms with Crippen LogP contribution in [0.3, 0.4) is 0 Å². The highest BCUT2D eigenvalue weighted by Crippen LogP contribution is 2.33. The predicted molar refractivity (Wildman–Crippen MR) is 83.4 cm³/mol. The minimum atomic E-state index is -0.617. The van der Waals surface area contributed by atoms with Gasteiger partial charge < -0.3 is 10.0 Å². The molecule has 3 fully saturated rings. The van der Waals surface area contributed by atoms with Crippen LogP contribution in [-0.4, -0.2) is 58.6 Å². The summed E-state index contributed by atoms with van der Waals surface area (Å²) in [7, 11) is 0. The molecule has 0 spiro atoms. The Bertz CT molecular complexity index is 362. The minimum absolute atomic E-state index is 0.214. The standard InChI is InChI=1S/C17H30N2O2/c1-13(12-14-4-2-5-14)18-10-7-15(8-11-18)19-9-3-6-16(19)17(20)21/h13-16H,2-12H2,1H3,(H,20,21). The van der Waals surface area contributed by atoms with Crippen molar-refractivity contribution in [2.75, 3.05) is 19.6 Å². The van der Waals surface area contributed by atoms with Gasteiger partial charge in [0.05, 0.1) is 0 Å². The quantitative estimate of drug-likeness (QED) is 0.846. The number of likely N-dealkylation sites (tertiary alicyclic amines) is 2. The third-order valence-corrected chi connectivity index (χ3v) is 6.07. The smallest absolute Gasteiger partial charge is 0.320 e. The van der Waals surface area contributed by atoms with Gasteiger partial charge >= 0.3 is 5.97 Å². The van der Waals surface area contributed by atoms with Gasteiger partial charge in [-0.3, -0.25) is 9.69 Å². The Morgan fingerprint density at radius 3 is 2.38 bits per heavy atom. The number of carboxylic acid groups (broad SMARTS) is 1. The highest BCUT2D eigenvalue weighted by atomic mass is 16.4. The average molecular weight is 294 g/mol. The monoisotopic (exact) mass is 294 g/mol. The van der Waals surface area contributed by atoms with E-state index < -0.39 is 5.97 Å². The fraction of sp³-hybridized carbons (Fsp3) is 0.941. The van der Waals surface area contributed by atoms with Crippen molar-refractivity contribution in [3.8, 4) is 0 Å². The maximum absolute atomic E-state index is 11.3. The van der Waals surface area contributed by atoms with Gasteiger partial charge in [-0.25, -0.2) is 0 Å². The number of carbonyl (C=O) groups is 1. The van der Waals surface area contributed by atoms with Gasteiger partial charge in [0.2, 0.25) is 0 Å². The summed E-state index contributed by atoms with van der Waals surface area (Å²) < 4.78 is 0. The topological polar surface area (TPSA) is 43.8 Å². The summed E-state index contributed by atoms with van der Waals surface area (Å²) in [6, 6.07) is 1.000. The molecule has 0 aromatic carbocycles. The van der Waals surface area contributed by atoms with Gasteiger partial charge in [-0.2, -0.15) is 0 Å². The molecular formula is C17H30N2O2. The SMILES string of the molecule is CC(CC1CCC1)N1CCC(N2CCCC2C(=O)O)CC1. The van der Waals surface area contributed by atoms with Crippen LogP contribution in [0.4, 0.5) is 0 Å². The summed E-state index contributed by atoms with van der Waals surface area (Å²) in [5.74, 6) is 0.362. The first kappa shape index (κ1) is 15.3. The molecule has 2 heterocycles. The van der Waals surface area contributed by atoms with E-state index in [0.29, 0.717) is 12.1 Å². The molecule has 0 radical (unpaired) electrons. The number of carboxylic acids is 1. The van der Waals surface area contributed by atoms with Crippen LogP contribution in [0.5, 0.6) is 0 Å². The van der Waals surface area contributed by atoms with E-state index in [-0.39, 0.29) is 6.04 Å². The molecule has 2 saturated heterocycles. The second kappa shape index (κ2) is 6.66. The number of hydrogen-bond acceptors (Lipinski definition) is 3. The first-order valence-electron chi connectivity index (χ1n) is 8.87. The number of nitrogens with zero attached hydrogens (tertiary/aromatic N) is 2. The van der Waals surface area contributed by atoms with E-state index in [1.807, 2.05) is 0 Å². The molecular weight excluding hydrogens is 264 g/mol. The summed E-state index contributed by atoms with van der Waals surface area (Å²) in [4.78, 5) is 16.2. The van der Waals surface area contributed by atoms with Crippen molar-refractivity contribution in [3.63, 3.8) is 0 Å². The number of rotatable bonds is 5. The highest BCUT2D eigenvalue weighted by molar-refractivity contribution is 5.73. The Hall–Kier alpha value is -0.610. The van der Waals surface area contributed by atoms with E-state index in [1.54, 1.807) is 0 Å². The van der Waals surface area contributed by atoms with Gasteiger partial charge in [0.15, 0.2) is 0 Å². The van der Waals surface area contributed by atoms with E-state index >= 15 is 0 Å². The molecule has 1 saturated carbocycles. The summed E-state index contributed by atoms with van der Waals surface area (Å²) in [6.45, 7) is 5.68. The van der Waals surface area contributed by atoms with Crippen molar-refractivity contribution in [3.05, 3.63) is 0 Å². The third kappa shape index (κ3) is 3.42. The van der Waals surface area contributed by atoms with Gasteiger partial charge in [-0.05, 0) is 64.6 Å². The van der Waals surface area contributed by atoms with Gasteiger partial charge in [0.25, 0.3) is 0 Å². The fourth-order valence-corrected chi connectivity index (χ4v) is 4.51. The van der Waals surface area contributed by atoms with Crippen molar-refractivity contribution in [1.29, 1.82) is 0 Å². The Morgan fingerprint density at radius 2 is 1.81 bits per heavy atom. The third-order valence-electron chi connectivity index (χ3n) is 6.07. The molecule has 0 bridgehead atoms. The second-order valence-electron chi connectivity index (χ2n) is 7.38. The van der Waals surface area contributed by atoms with Gasteiger partial charge in [0.1, 0.15) is 6.04 Å². The molecule has 120 valence electrons. The Kier molecular flexibility index (Phi) is 4.85. The lowest BCUT2D eigenvalue weighted by Crippen LogP contribution is -2.50. The van der Waals surface area contributed by atoms with E-state index in [1.165, 1.54) is 25.7 Å². The maximum atomic E-state index is 11.3. The van der Waals surface area contributed by atoms with Gasteiger partial charge in [-0.1, -0.05) is 19.3 Å². The van der Waals surface area contributed by atoms with E-state index in [0.717, 1.165) is 51.2 Å². The molecule has 3 rings (SSSR count). The molecule has 4 heteroatoms. The zero-order chi connectivity index (χ0) is 14.8. The largest absolute Gasteiger partial charge is 0.480 e. The van der Waals surface area contributed by atoms with Crippen LogP contribution in [0, 0.1) is 5.92 Å². The predicted octanol–water partition coefficient (Wildman–Crippen LogP) is 2.58. The van der Waals surface area contributed by atoms with Crippen LogP contribution in [0.2, 0.25) is 0 Å². The molecule has 3 aliphatic rings. The second-order valence-corrected chi connectivity index (χ2v) is 7.38. The van der Waals surface area contributed by atoms with Crippen molar-refractivity contribution < 1.29 is 9.90 Å². The molecule has 4 nitrogen and oxygen atoms in total. The van der Waals surface area contributed by atoms with Crippen LogP contribution in [-0.2, 0) is 4.79 Å². The van der Waals surface area contributed by atoms with Crippen molar-refractivity contribution >= 4 is 5.97 Å². The maximum Gasteiger partial charge on any atom is 0.320 e. The van der Waals surface area contributed by atoms with Crippen LogP contribution >= 0.6 is 0 Å². The molecule has 1 N–H and O–H groups in total. The molecule has 2 aliphatic heterocycles. The van der Waals surface area contributed by atoms with Crippen molar-refractivity contribution in [2.45, 2.75) is 76.4 Å². The lowest BCUT2D eigenvalue weighted by atomic mass is 9.80. The summed E-state index contributed by atoms with van der Waals surface area (Å²) in [5.41, 5.74) is 0. The average Bonchev–Trinajstić information content (AvgIpc) is 2.92. The van der Waals surface area contributed by atoms with Gasteiger partial charge in [0, 0.05) is 12.1 Å². The highest BCUT2D eigenvalue weighted by Gasteiger charge is 2.37. The molecule has 21 heavy (non-hydrogen) atoms. The minimum Gasteiger partial charge on any atom is -0.480 e.